The maximum atomic E-state index is 13.0. The fraction of sp³-hybridized carbons (Fsp3) is 0.125. The molecule has 1 aliphatic rings. The van der Waals surface area contributed by atoms with Gasteiger partial charge in [0, 0.05) is 22.0 Å². The van der Waals surface area contributed by atoms with Crippen molar-refractivity contribution in [3.63, 3.8) is 0 Å². The standard InChI is InChI=1S/C24H19Cl2NO2/c1-29-24(28)23(17-8-3-2-4-9-17)27-21-10-6-5-7-16(21)11-14-22(27)19-13-12-18(25)15-20(19)26/h2-10,12-15,23H,11H2,1H3/t23-/m1/s1. The number of hydrogen-bond donors (Lipinski definition) is 0. The van der Waals surface area contributed by atoms with Crippen molar-refractivity contribution in [1.29, 1.82) is 0 Å². The molecule has 0 aliphatic carbocycles. The van der Waals surface area contributed by atoms with Crippen LogP contribution < -0.4 is 4.90 Å². The van der Waals surface area contributed by atoms with E-state index in [9.17, 15) is 4.79 Å². The van der Waals surface area contributed by atoms with Gasteiger partial charge in [-0.05, 0) is 41.8 Å². The number of esters is 1. The van der Waals surface area contributed by atoms with E-state index < -0.39 is 6.04 Å². The number of ether oxygens (including phenoxy) is 1. The first kappa shape index (κ1) is 19.6. The summed E-state index contributed by atoms with van der Waals surface area (Å²) in [6, 6.07) is 22.4. The first-order valence-electron chi connectivity index (χ1n) is 9.25. The Morgan fingerprint density at radius 3 is 2.45 bits per heavy atom. The highest BCUT2D eigenvalue weighted by molar-refractivity contribution is 6.35. The summed E-state index contributed by atoms with van der Waals surface area (Å²) in [6.07, 6.45) is 2.83. The Bertz CT molecular complexity index is 1080. The zero-order valence-electron chi connectivity index (χ0n) is 15.8. The molecule has 0 spiro atoms. The lowest BCUT2D eigenvalue weighted by Crippen LogP contribution is -2.36. The van der Waals surface area contributed by atoms with Crippen LogP contribution in [0.5, 0.6) is 0 Å². The predicted octanol–water partition coefficient (Wildman–Crippen LogP) is 6.31. The molecule has 0 fully saturated rings. The molecule has 1 atom stereocenters. The monoisotopic (exact) mass is 423 g/mol. The fourth-order valence-electron chi connectivity index (χ4n) is 3.71. The zero-order valence-corrected chi connectivity index (χ0v) is 17.3. The Morgan fingerprint density at radius 1 is 1.00 bits per heavy atom. The number of rotatable bonds is 4. The van der Waals surface area contributed by atoms with Crippen molar-refractivity contribution in [2.75, 3.05) is 12.0 Å². The van der Waals surface area contributed by atoms with Crippen LogP contribution in [0.1, 0.15) is 22.7 Å². The van der Waals surface area contributed by atoms with Crippen LogP contribution in [0.4, 0.5) is 5.69 Å². The van der Waals surface area contributed by atoms with Crippen LogP contribution in [0.3, 0.4) is 0 Å². The van der Waals surface area contributed by atoms with Gasteiger partial charge < -0.3 is 9.64 Å². The summed E-state index contributed by atoms with van der Waals surface area (Å²) < 4.78 is 5.21. The van der Waals surface area contributed by atoms with Gasteiger partial charge in [-0.3, -0.25) is 0 Å². The number of fused-ring (bicyclic) bond motifs is 1. The molecule has 0 unspecified atom stereocenters. The molecule has 146 valence electrons. The van der Waals surface area contributed by atoms with E-state index >= 15 is 0 Å². The molecule has 29 heavy (non-hydrogen) atoms. The number of carbonyl (C=O) groups is 1. The van der Waals surface area contributed by atoms with Gasteiger partial charge in [-0.2, -0.15) is 0 Å². The summed E-state index contributed by atoms with van der Waals surface area (Å²) in [5, 5.41) is 1.10. The normalized spacial score (nSPS) is 14.0. The number of methoxy groups -OCH3 is 1. The molecule has 0 N–H and O–H groups in total. The van der Waals surface area contributed by atoms with Crippen molar-refractivity contribution in [3.8, 4) is 0 Å². The molecule has 0 saturated heterocycles. The minimum Gasteiger partial charge on any atom is -0.467 e. The van der Waals surface area contributed by atoms with E-state index in [1.54, 1.807) is 12.1 Å². The largest absolute Gasteiger partial charge is 0.467 e. The third-order valence-electron chi connectivity index (χ3n) is 5.03. The topological polar surface area (TPSA) is 29.5 Å². The molecular weight excluding hydrogens is 405 g/mol. The van der Waals surface area contributed by atoms with Crippen molar-refractivity contribution in [3.05, 3.63) is 106 Å². The van der Waals surface area contributed by atoms with Gasteiger partial charge in [-0.1, -0.05) is 77.8 Å². The van der Waals surface area contributed by atoms with Gasteiger partial charge in [0.25, 0.3) is 0 Å². The van der Waals surface area contributed by atoms with Gasteiger partial charge in [-0.15, -0.1) is 0 Å². The van der Waals surface area contributed by atoms with E-state index in [2.05, 4.69) is 12.1 Å². The molecule has 0 radical (unpaired) electrons. The smallest absolute Gasteiger partial charge is 0.333 e. The number of hydrogen-bond acceptors (Lipinski definition) is 3. The quantitative estimate of drug-likeness (QED) is 0.460. The lowest BCUT2D eigenvalue weighted by molar-refractivity contribution is -0.142. The molecule has 0 bridgehead atoms. The lowest BCUT2D eigenvalue weighted by Gasteiger charge is -2.38. The van der Waals surface area contributed by atoms with Crippen molar-refractivity contribution in [1.82, 2.24) is 0 Å². The van der Waals surface area contributed by atoms with Crippen LogP contribution in [0.15, 0.2) is 78.9 Å². The molecule has 1 aliphatic heterocycles. The summed E-state index contributed by atoms with van der Waals surface area (Å²) >= 11 is 12.7. The highest BCUT2D eigenvalue weighted by Crippen LogP contribution is 2.43. The number of anilines is 1. The highest BCUT2D eigenvalue weighted by atomic mass is 35.5. The van der Waals surface area contributed by atoms with Crippen molar-refractivity contribution >= 4 is 40.6 Å². The SMILES string of the molecule is COC(=O)[C@@H](c1ccccc1)N1C(c2ccc(Cl)cc2Cl)=CCc2ccccc21. The minimum absolute atomic E-state index is 0.344. The summed E-state index contributed by atoms with van der Waals surface area (Å²) in [7, 11) is 1.41. The summed E-state index contributed by atoms with van der Waals surface area (Å²) in [5.74, 6) is -0.344. The van der Waals surface area contributed by atoms with Crippen LogP contribution in [-0.2, 0) is 16.0 Å². The average Bonchev–Trinajstić information content (AvgIpc) is 2.75. The van der Waals surface area contributed by atoms with Gasteiger partial charge in [0.2, 0.25) is 0 Å². The van der Waals surface area contributed by atoms with E-state index in [-0.39, 0.29) is 5.97 Å². The Morgan fingerprint density at radius 2 is 1.72 bits per heavy atom. The number of para-hydroxylation sites is 1. The molecule has 0 aromatic heterocycles. The molecule has 3 nitrogen and oxygen atoms in total. The van der Waals surface area contributed by atoms with E-state index in [0.29, 0.717) is 10.0 Å². The fourth-order valence-corrected chi connectivity index (χ4v) is 4.21. The Kier molecular flexibility index (Phi) is 5.61. The van der Waals surface area contributed by atoms with Crippen LogP contribution in [0, 0.1) is 0 Å². The molecule has 5 heteroatoms. The Balaban J connectivity index is 1.93. The molecule has 4 rings (SSSR count). The van der Waals surface area contributed by atoms with Crippen LogP contribution in [0.25, 0.3) is 5.70 Å². The molecule has 1 heterocycles. The van der Waals surface area contributed by atoms with E-state index in [1.807, 2.05) is 59.5 Å². The zero-order chi connectivity index (χ0) is 20.4. The van der Waals surface area contributed by atoms with Crippen LogP contribution in [0.2, 0.25) is 10.0 Å². The number of nitrogens with zero attached hydrogens (tertiary/aromatic N) is 1. The summed E-state index contributed by atoms with van der Waals surface area (Å²) in [6.45, 7) is 0. The first-order chi connectivity index (χ1) is 14.1. The predicted molar refractivity (Wildman–Crippen MR) is 118 cm³/mol. The number of carbonyl (C=O) groups excluding carboxylic acids is 1. The second-order valence-corrected chi connectivity index (χ2v) is 7.60. The van der Waals surface area contributed by atoms with E-state index in [1.165, 1.54) is 7.11 Å². The van der Waals surface area contributed by atoms with Gasteiger partial charge in [-0.25, -0.2) is 4.79 Å². The van der Waals surface area contributed by atoms with Crippen molar-refractivity contribution in [2.45, 2.75) is 12.5 Å². The van der Waals surface area contributed by atoms with E-state index in [4.69, 9.17) is 27.9 Å². The van der Waals surface area contributed by atoms with Gasteiger partial charge >= 0.3 is 5.97 Å². The van der Waals surface area contributed by atoms with Gasteiger partial charge in [0.05, 0.1) is 12.1 Å². The third kappa shape index (κ3) is 3.76. The third-order valence-corrected chi connectivity index (χ3v) is 5.58. The van der Waals surface area contributed by atoms with Gasteiger partial charge in [0.15, 0.2) is 6.04 Å². The molecule has 3 aromatic rings. The van der Waals surface area contributed by atoms with Crippen LogP contribution in [-0.4, -0.2) is 13.1 Å². The number of benzene rings is 3. The average molecular weight is 424 g/mol. The van der Waals surface area contributed by atoms with Crippen LogP contribution >= 0.6 is 23.2 Å². The van der Waals surface area contributed by atoms with Crippen molar-refractivity contribution < 1.29 is 9.53 Å². The van der Waals surface area contributed by atoms with E-state index in [0.717, 1.165) is 34.5 Å². The Hall–Kier alpha value is -2.75. The Labute approximate surface area is 180 Å². The van der Waals surface area contributed by atoms with Gasteiger partial charge in [0.1, 0.15) is 0 Å². The highest BCUT2D eigenvalue weighted by Gasteiger charge is 2.35. The first-order valence-corrected chi connectivity index (χ1v) is 10.0. The maximum absolute atomic E-state index is 13.0. The molecule has 0 amide bonds. The second kappa shape index (κ2) is 8.32. The molecule has 0 saturated carbocycles. The van der Waals surface area contributed by atoms with Crippen molar-refractivity contribution in [2.24, 2.45) is 0 Å². The lowest BCUT2D eigenvalue weighted by atomic mass is 9.94. The number of halogens is 2. The molecular formula is C24H19Cl2NO2. The maximum Gasteiger partial charge on any atom is 0.333 e. The summed E-state index contributed by atoms with van der Waals surface area (Å²) in [5.41, 5.74) is 4.59. The number of allylic oxidation sites excluding steroid dienone is 1. The second-order valence-electron chi connectivity index (χ2n) is 6.75. The minimum atomic E-state index is -0.652. The molecule has 3 aromatic carbocycles. The summed E-state index contributed by atoms with van der Waals surface area (Å²) in [4.78, 5) is 15.0.